The molecule has 0 fully saturated rings. The second kappa shape index (κ2) is 6.28. The molecule has 0 N–H and O–H groups in total. The summed E-state index contributed by atoms with van der Waals surface area (Å²) < 4.78 is 39.9. The maximum Gasteiger partial charge on any atom is 0.422 e. The fourth-order valence-electron chi connectivity index (χ4n) is 1.34. The van der Waals surface area contributed by atoms with Gasteiger partial charge in [-0.15, -0.1) is 0 Å². The van der Waals surface area contributed by atoms with Crippen molar-refractivity contribution < 1.29 is 22.7 Å². The summed E-state index contributed by atoms with van der Waals surface area (Å²) in [6, 6.07) is 9.00. The van der Waals surface area contributed by atoms with Crippen LogP contribution in [-0.2, 0) is 11.3 Å². The molecule has 1 amide bonds. The monoisotopic (exact) mass is 261 g/mol. The Morgan fingerprint density at radius 1 is 1.28 bits per heavy atom. The minimum Gasteiger partial charge on any atom is -0.440 e. The summed E-state index contributed by atoms with van der Waals surface area (Å²) in [5.74, 6) is 0. The number of nitrogens with zero attached hydrogens (tertiary/aromatic N) is 1. The topological polar surface area (TPSA) is 29.5 Å². The minimum atomic E-state index is -4.50. The van der Waals surface area contributed by atoms with E-state index in [1.165, 1.54) is 4.90 Å². The number of alkyl halides is 3. The number of hydrogen-bond donors (Lipinski definition) is 0. The van der Waals surface area contributed by atoms with Crippen LogP contribution in [-0.4, -0.2) is 30.3 Å². The van der Waals surface area contributed by atoms with E-state index in [9.17, 15) is 18.0 Å². The van der Waals surface area contributed by atoms with E-state index >= 15 is 0 Å². The summed E-state index contributed by atoms with van der Waals surface area (Å²) in [4.78, 5) is 12.6. The molecule has 100 valence electrons. The molecule has 0 aliphatic rings. The lowest BCUT2D eigenvalue weighted by atomic mass is 10.2. The maximum absolute atomic E-state index is 11.9. The zero-order valence-electron chi connectivity index (χ0n) is 9.91. The summed E-state index contributed by atoms with van der Waals surface area (Å²) >= 11 is 0. The third kappa shape index (κ3) is 5.07. The van der Waals surface area contributed by atoms with Gasteiger partial charge in [0.25, 0.3) is 0 Å². The molecule has 0 saturated heterocycles. The van der Waals surface area contributed by atoms with E-state index in [2.05, 4.69) is 4.74 Å². The van der Waals surface area contributed by atoms with Gasteiger partial charge in [-0.1, -0.05) is 30.3 Å². The van der Waals surface area contributed by atoms with Crippen LogP contribution in [0.15, 0.2) is 30.3 Å². The highest BCUT2D eigenvalue weighted by Gasteiger charge is 2.30. The Morgan fingerprint density at radius 2 is 1.89 bits per heavy atom. The standard InChI is InChI=1S/C12H14F3NO2/c1-2-16(8-10-6-4-3-5-7-10)11(17)18-9-12(13,14)15/h3-7H,2,8-9H2,1H3. The molecule has 0 spiro atoms. The number of rotatable bonds is 4. The molecule has 0 aliphatic carbocycles. The van der Waals surface area contributed by atoms with Gasteiger partial charge in [-0.05, 0) is 12.5 Å². The summed E-state index contributed by atoms with van der Waals surface area (Å²) in [6.45, 7) is 0.633. The lowest BCUT2D eigenvalue weighted by molar-refractivity contribution is -0.162. The van der Waals surface area contributed by atoms with Crippen LogP contribution in [0.5, 0.6) is 0 Å². The van der Waals surface area contributed by atoms with Gasteiger partial charge in [-0.2, -0.15) is 13.2 Å². The molecule has 0 aliphatic heterocycles. The van der Waals surface area contributed by atoms with Gasteiger partial charge in [0, 0.05) is 13.1 Å². The molecule has 1 aromatic carbocycles. The number of benzene rings is 1. The van der Waals surface area contributed by atoms with Crippen LogP contribution in [0.2, 0.25) is 0 Å². The Labute approximate surface area is 103 Å². The summed E-state index contributed by atoms with van der Waals surface area (Å²) in [6.07, 6.45) is -5.46. The number of halogens is 3. The Kier molecular flexibility index (Phi) is 5.00. The molecule has 18 heavy (non-hydrogen) atoms. The average molecular weight is 261 g/mol. The highest BCUT2D eigenvalue weighted by atomic mass is 19.4. The maximum atomic E-state index is 11.9. The van der Waals surface area contributed by atoms with Gasteiger partial charge >= 0.3 is 12.3 Å². The zero-order valence-corrected chi connectivity index (χ0v) is 9.91. The van der Waals surface area contributed by atoms with E-state index in [0.717, 1.165) is 5.56 Å². The molecule has 1 rings (SSSR count). The SMILES string of the molecule is CCN(Cc1ccccc1)C(=O)OCC(F)(F)F. The van der Waals surface area contributed by atoms with E-state index in [0.29, 0.717) is 0 Å². The summed E-state index contributed by atoms with van der Waals surface area (Å²) in [7, 11) is 0. The van der Waals surface area contributed by atoms with Crippen molar-refractivity contribution in [3.8, 4) is 0 Å². The Balaban J connectivity index is 2.53. The second-order valence-electron chi connectivity index (χ2n) is 3.67. The molecule has 0 aromatic heterocycles. The molecule has 0 bridgehead atoms. The summed E-state index contributed by atoms with van der Waals surface area (Å²) in [5.41, 5.74) is 0.836. The van der Waals surface area contributed by atoms with E-state index < -0.39 is 18.9 Å². The average Bonchev–Trinajstić information content (AvgIpc) is 2.33. The molecule has 6 heteroatoms. The Hall–Kier alpha value is -1.72. The molecular formula is C12H14F3NO2. The summed E-state index contributed by atoms with van der Waals surface area (Å²) in [5, 5.41) is 0. The number of ether oxygens (including phenoxy) is 1. The predicted octanol–water partition coefficient (Wildman–Crippen LogP) is 3.21. The second-order valence-corrected chi connectivity index (χ2v) is 3.67. The van der Waals surface area contributed by atoms with Crippen LogP contribution in [0.3, 0.4) is 0 Å². The lowest BCUT2D eigenvalue weighted by Crippen LogP contribution is -2.33. The third-order valence-electron chi connectivity index (χ3n) is 2.22. The molecule has 0 unspecified atom stereocenters. The van der Waals surface area contributed by atoms with Gasteiger partial charge in [-0.3, -0.25) is 0 Å². The first-order valence-corrected chi connectivity index (χ1v) is 5.44. The fourth-order valence-corrected chi connectivity index (χ4v) is 1.34. The van der Waals surface area contributed by atoms with Crippen molar-refractivity contribution in [1.82, 2.24) is 4.90 Å². The van der Waals surface area contributed by atoms with Crippen molar-refractivity contribution in [1.29, 1.82) is 0 Å². The quantitative estimate of drug-likeness (QED) is 0.833. The van der Waals surface area contributed by atoms with Gasteiger partial charge < -0.3 is 9.64 Å². The number of carbonyl (C=O) groups is 1. The normalized spacial score (nSPS) is 11.1. The Morgan fingerprint density at radius 3 is 2.39 bits per heavy atom. The van der Waals surface area contributed by atoms with Crippen LogP contribution >= 0.6 is 0 Å². The predicted molar refractivity (Wildman–Crippen MR) is 59.9 cm³/mol. The Bertz CT molecular complexity index is 379. The first-order valence-electron chi connectivity index (χ1n) is 5.44. The van der Waals surface area contributed by atoms with E-state index in [1.54, 1.807) is 31.2 Å². The van der Waals surface area contributed by atoms with Crippen LogP contribution in [0, 0.1) is 0 Å². The van der Waals surface area contributed by atoms with Crippen LogP contribution in [0.25, 0.3) is 0 Å². The van der Waals surface area contributed by atoms with Crippen molar-refractivity contribution in [3.05, 3.63) is 35.9 Å². The van der Waals surface area contributed by atoms with Crippen molar-refractivity contribution >= 4 is 6.09 Å². The highest BCUT2D eigenvalue weighted by molar-refractivity contribution is 5.67. The minimum absolute atomic E-state index is 0.230. The highest BCUT2D eigenvalue weighted by Crippen LogP contribution is 2.15. The van der Waals surface area contributed by atoms with E-state index in [-0.39, 0.29) is 13.1 Å². The molecule has 1 aromatic rings. The third-order valence-corrected chi connectivity index (χ3v) is 2.22. The van der Waals surface area contributed by atoms with Gasteiger partial charge in [0.05, 0.1) is 0 Å². The van der Waals surface area contributed by atoms with Gasteiger partial charge in [-0.25, -0.2) is 4.79 Å². The molecule has 0 saturated carbocycles. The first kappa shape index (κ1) is 14.3. The van der Waals surface area contributed by atoms with Crippen molar-refractivity contribution in [3.63, 3.8) is 0 Å². The molecule has 0 atom stereocenters. The molecule has 3 nitrogen and oxygen atoms in total. The van der Waals surface area contributed by atoms with Crippen molar-refractivity contribution in [2.24, 2.45) is 0 Å². The molecule has 0 radical (unpaired) electrons. The number of carbonyl (C=O) groups excluding carboxylic acids is 1. The fraction of sp³-hybridized carbons (Fsp3) is 0.417. The van der Waals surface area contributed by atoms with Crippen LogP contribution in [0.4, 0.5) is 18.0 Å². The van der Waals surface area contributed by atoms with E-state index in [4.69, 9.17) is 0 Å². The number of amides is 1. The van der Waals surface area contributed by atoms with Gasteiger partial charge in [0.1, 0.15) is 0 Å². The number of hydrogen-bond acceptors (Lipinski definition) is 2. The zero-order chi connectivity index (χ0) is 13.6. The molecule has 0 heterocycles. The van der Waals surface area contributed by atoms with Gasteiger partial charge in [0.15, 0.2) is 6.61 Å². The first-order chi connectivity index (χ1) is 8.42. The van der Waals surface area contributed by atoms with Crippen molar-refractivity contribution in [2.45, 2.75) is 19.6 Å². The van der Waals surface area contributed by atoms with Crippen LogP contribution < -0.4 is 0 Å². The molecular weight excluding hydrogens is 247 g/mol. The van der Waals surface area contributed by atoms with E-state index in [1.807, 2.05) is 6.07 Å². The van der Waals surface area contributed by atoms with Gasteiger partial charge in [0.2, 0.25) is 0 Å². The van der Waals surface area contributed by atoms with Crippen molar-refractivity contribution in [2.75, 3.05) is 13.2 Å². The largest absolute Gasteiger partial charge is 0.440 e. The smallest absolute Gasteiger partial charge is 0.422 e. The lowest BCUT2D eigenvalue weighted by Gasteiger charge is -2.20. The van der Waals surface area contributed by atoms with Crippen LogP contribution in [0.1, 0.15) is 12.5 Å².